The number of furan rings is 1. The number of rotatable bonds is 10. The maximum Gasteiger partial charge on any atom is 0.289 e. The van der Waals surface area contributed by atoms with Crippen LogP contribution in [0, 0.1) is 0 Å². The van der Waals surface area contributed by atoms with Crippen molar-refractivity contribution in [1.29, 1.82) is 0 Å². The summed E-state index contributed by atoms with van der Waals surface area (Å²) in [6.07, 6.45) is 3.77. The van der Waals surface area contributed by atoms with E-state index in [9.17, 15) is 4.79 Å². The van der Waals surface area contributed by atoms with Crippen molar-refractivity contribution in [1.82, 2.24) is 15.1 Å². The lowest BCUT2D eigenvalue weighted by Gasteiger charge is -2.36. The number of aliphatic imine (C=N–C) groups is 1. The summed E-state index contributed by atoms with van der Waals surface area (Å²) in [6, 6.07) is 3.43. The van der Waals surface area contributed by atoms with Crippen molar-refractivity contribution in [3.05, 3.63) is 24.2 Å². The van der Waals surface area contributed by atoms with Crippen molar-refractivity contribution in [2.75, 3.05) is 66.2 Å². The Morgan fingerprint density at radius 3 is 2.48 bits per heavy atom. The number of unbranched alkanes of at least 4 members (excludes halogenated alkanes) is 1. The molecule has 2 heterocycles. The number of nitrogens with zero attached hydrogens (tertiary/aromatic N) is 3. The van der Waals surface area contributed by atoms with Crippen LogP contribution in [0.1, 0.15) is 30.3 Å². The Hall–Kier alpha value is -2.06. The highest BCUT2D eigenvalue weighted by Crippen LogP contribution is 2.09. The molecule has 0 saturated carbocycles. The van der Waals surface area contributed by atoms with E-state index in [2.05, 4.69) is 22.1 Å². The summed E-state index contributed by atoms with van der Waals surface area (Å²) in [7, 11) is 1.77. The third-order valence-electron chi connectivity index (χ3n) is 4.35. The molecule has 1 aliphatic heterocycles. The van der Waals surface area contributed by atoms with Crippen LogP contribution in [0.4, 0.5) is 0 Å². The zero-order valence-electron chi connectivity index (χ0n) is 16.5. The predicted molar refractivity (Wildman–Crippen MR) is 104 cm³/mol. The van der Waals surface area contributed by atoms with Gasteiger partial charge in [-0.15, -0.1) is 0 Å². The Kier molecular flexibility index (Phi) is 9.72. The zero-order chi connectivity index (χ0) is 19.3. The summed E-state index contributed by atoms with van der Waals surface area (Å²) < 4.78 is 16.2. The maximum atomic E-state index is 12.3. The molecule has 0 spiro atoms. The third kappa shape index (κ3) is 7.22. The molecule has 0 aliphatic carbocycles. The average molecular weight is 380 g/mol. The van der Waals surface area contributed by atoms with E-state index in [0.29, 0.717) is 45.2 Å². The average Bonchev–Trinajstić information content (AvgIpc) is 3.24. The van der Waals surface area contributed by atoms with Crippen molar-refractivity contribution in [2.24, 2.45) is 4.99 Å². The molecular weight excluding hydrogens is 348 g/mol. The van der Waals surface area contributed by atoms with E-state index in [-0.39, 0.29) is 5.91 Å². The first-order chi connectivity index (χ1) is 13.3. The second-order valence-electron chi connectivity index (χ2n) is 6.31. The molecule has 0 aromatic carbocycles. The molecule has 1 aliphatic rings. The molecule has 1 fully saturated rings. The largest absolute Gasteiger partial charge is 0.459 e. The van der Waals surface area contributed by atoms with Crippen LogP contribution in [0.3, 0.4) is 0 Å². The van der Waals surface area contributed by atoms with Gasteiger partial charge in [0.25, 0.3) is 5.91 Å². The van der Waals surface area contributed by atoms with Crippen LogP contribution >= 0.6 is 0 Å². The fourth-order valence-corrected chi connectivity index (χ4v) is 2.81. The van der Waals surface area contributed by atoms with Crippen molar-refractivity contribution < 1.29 is 18.7 Å². The van der Waals surface area contributed by atoms with Crippen LogP contribution in [0.2, 0.25) is 0 Å². The number of hydrogen-bond acceptors (Lipinski definition) is 5. The summed E-state index contributed by atoms with van der Waals surface area (Å²) in [5.74, 6) is 1.17. The first-order valence-corrected chi connectivity index (χ1v) is 9.70. The van der Waals surface area contributed by atoms with E-state index in [4.69, 9.17) is 13.9 Å². The molecule has 1 aromatic rings. The first-order valence-electron chi connectivity index (χ1n) is 9.70. The minimum Gasteiger partial charge on any atom is -0.459 e. The molecule has 1 amide bonds. The van der Waals surface area contributed by atoms with Gasteiger partial charge in [0.15, 0.2) is 11.7 Å². The number of ether oxygens (including phenoxy) is 2. The molecule has 0 atom stereocenters. The molecule has 1 N–H and O–H groups in total. The van der Waals surface area contributed by atoms with Crippen LogP contribution < -0.4 is 5.32 Å². The Balaban J connectivity index is 1.59. The van der Waals surface area contributed by atoms with E-state index in [1.807, 2.05) is 4.90 Å². The monoisotopic (exact) mass is 380 g/mol. The van der Waals surface area contributed by atoms with Gasteiger partial charge in [-0.25, -0.2) is 0 Å². The minimum absolute atomic E-state index is 0.0582. The molecule has 0 unspecified atom stereocenters. The van der Waals surface area contributed by atoms with Gasteiger partial charge < -0.3 is 29.0 Å². The van der Waals surface area contributed by atoms with E-state index in [1.165, 1.54) is 6.26 Å². The number of amides is 1. The fraction of sp³-hybridized carbons (Fsp3) is 0.684. The lowest BCUT2D eigenvalue weighted by atomic mass is 10.3. The summed E-state index contributed by atoms with van der Waals surface area (Å²) in [5.41, 5.74) is 0. The van der Waals surface area contributed by atoms with Crippen molar-refractivity contribution >= 4 is 11.9 Å². The number of carbonyl (C=O) groups excluding carboxylic acids is 1. The number of nitrogens with one attached hydrogen (secondary N) is 1. The van der Waals surface area contributed by atoms with Crippen molar-refractivity contribution in [2.45, 2.75) is 19.8 Å². The highest BCUT2D eigenvalue weighted by Gasteiger charge is 2.24. The second-order valence-corrected chi connectivity index (χ2v) is 6.31. The summed E-state index contributed by atoms with van der Waals surface area (Å²) >= 11 is 0. The Morgan fingerprint density at radius 1 is 1.15 bits per heavy atom. The number of guanidine groups is 1. The number of hydrogen-bond donors (Lipinski definition) is 1. The van der Waals surface area contributed by atoms with E-state index in [0.717, 1.165) is 38.5 Å². The molecule has 152 valence electrons. The highest BCUT2D eigenvalue weighted by atomic mass is 16.5. The molecule has 27 heavy (non-hydrogen) atoms. The SMILES string of the molecule is CCCCOCCOCCNC(=NC)N1CCN(C(=O)c2ccco2)CC1. The van der Waals surface area contributed by atoms with Gasteiger partial charge in [0, 0.05) is 46.4 Å². The van der Waals surface area contributed by atoms with Crippen molar-refractivity contribution in [3.8, 4) is 0 Å². The molecule has 1 aromatic heterocycles. The van der Waals surface area contributed by atoms with Crippen LogP contribution in [-0.2, 0) is 9.47 Å². The molecule has 0 radical (unpaired) electrons. The predicted octanol–water partition coefficient (Wildman–Crippen LogP) is 1.45. The standard InChI is InChI=1S/C19H32N4O4/c1-3-4-12-25-15-16-26-14-7-21-19(20-2)23-10-8-22(9-11-23)18(24)17-6-5-13-27-17/h5-6,13H,3-4,7-12,14-16H2,1-2H3,(H,20,21). The third-order valence-corrected chi connectivity index (χ3v) is 4.35. The smallest absolute Gasteiger partial charge is 0.289 e. The normalized spacial score (nSPS) is 15.3. The summed E-state index contributed by atoms with van der Waals surface area (Å²) in [6.45, 7) is 8.25. The molecule has 1 saturated heterocycles. The van der Waals surface area contributed by atoms with Crippen LogP contribution in [0.25, 0.3) is 0 Å². The van der Waals surface area contributed by atoms with Gasteiger partial charge >= 0.3 is 0 Å². The first kappa shape index (κ1) is 21.2. The quantitative estimate of drug-likeness (QED) is 0.376. The lowest BCUT2D eigenvalue weighted by Crippen LogP contribution is -2.54. The Labute approximate surface area is 161 Å². The summed E-state index contributed by atoms with van der Waals surface area (Å²) in [5, 5.41) is 3.31. The minimum atomic E-state index is -0.0582. The second kappa shape index (κ2) is 12.3. The van der Waals surface area contributed by atoms with Gasteiger partial charge in [-0.1, -0.05) is 13.3 Å². The Bertz CT molecular complexity index is 554. The lowest BCUT2D eigenvalue weighted by molar-refractivity contribution is 0.0484. The highest BCUT2D eigenvalue weighted by molar-refractivity contribution is 5.91. The van der Waals surface area contributed by atoms with Crippen LogP contribution in [-0.4, -0.2) is 87.9 Å². The molecule has 8 heteroatoms. The van der Waals surface area contributed by atoms with E-state index >= 15 is 0 Å². The van der Waals surface area contributed by atoms with Gasteiger partial charge in [-0.05, 0) is 18.6 Å². The van der Waals surface area contributed by atoms with Gasteiger partial charge in [0.1, 0.15) is 0 Å². The molecule has 8 nitrogen and oxygen atoms in total. The maximum absolute atomic E-state index is 12.3. The molecule has 0 bridgehead atoms. The van der Waals surface area contributed by atoms with Gasteiger partial charge in [-0.2, -0.15) is 0 Å². The van der Waals surface area contributed by atoms with Crippen molar-refractivity contribution in [3.63, 3.8) is 0 Å². The summed E-state index contributed by atoms with van der Waals surface area (Å²) in [4.78, 5) is 20.6. The fourth-order valence-electron chi connectivity index (χ4n) is 2.81. The molecule has 2 rings (SSSR count). The number of piperazine rings is 1. The van der Waals surface area contributed by atoms with Crippen LogP contribution in [0.5, 0.6) is 0 Å². The Morgan fingerprint density at radius 2 is 1.85 bits per heavy atom. The topological polar surface area (TPSA) is 79.5 Å². The van der Waals surface area contributed by atoms with Gasteiger partial charge in [0.2, 0.25) is 0 Å². The zero-order valence-corrected chi connectivity index (χ0v) is 16.5. The van der Waals surface area contributed by atoms with Gasteiger partial charge in [0.05, 0.1) is 26.1 Å². The van der Waals surface area contributed by atoms with Gasteiger partial charge in [-0.3, -0.25) is 9.79 Å². The van der Waals surface area contributed by atoms with E-state index in [1.54, 1.807) is 19.2 Å². The number of carbonyl (C=O) groups is 1. The van der Waals surface area contributed by atoms with E-state index < -0.39 is 0 Å². The van der Waals surface area contributed by atoms with Crippen LogP contribution in [0.15, 0.2) is 27.8 Å². The molecular formula is C19H32N4O4.